The highest BCUT2D eigenvalue weighted by molar-refractivity contribution is 5.74. The van der Waals surface area contributed by atoms with Crippen LogP contribution in [0, 0.1) is 5.92 Å². The Morgan fingerprint density at radius 2 is 1.86 bits per heavy atom. The van der Waals surface area contributed by atoms with Gasteiger partial charge in [-0.05, 0) is 45.7 Å². The number of hydrogen-bond donors (Lipinski definition) is 3. The molecule has 1 aliphatic heterocycles. The first-order chi connectivity index (χ1) is 9.99. The van der Waals surface area contributed by atoms with E-state index < -0.39 is 5.97 Å². The van der Waals surface area contributed by atoms with Crippen molar-refractivity contribution in [3.05, 3.63) is 0 Å². The number of piperidine rings is 1. The summed E-state index contributed by atoms with van der Waals surface area (Å²) in [7, 11) is 0. The van der Waals surface area contributed by atoms with Crippen LogP contribution in [0.4, 0.5) is 4.79 Å². The topological polar surface area (TPSA) is 81.7 Å². The van der Waals surface area contributed by atoms with Crippen LogP contribution in [0.15, 0.2) is 0 Å². The zero-order valence-electron chi connectivity index (χ0n) is 13.2. The first-order valence-corrected chi connectivity index (χ1v) is 7.98. The largest absolute Gasteiger partial charge is 0.481 e. The second kappa shape index (κ2) is 9.60. The summed E-state index contributed by atoms with van der Waals surface area (Å²) in [5.41, 5.74) is 0. The highest BCUT2D eigenvalue weighted by atomic mass is 16.4. The highest BCUT2D eigenvalue weighted by Crippen LogP contribution is 2.08. The number of carbonyl (C=O) groups excluding carboxylic acids is 1. The van der Waals surface area contributed by atoms with Crippen LogP contribution in [0.2, 0.25) is 0 Å². The summed E-state index contributed by atoms with van der Waals surface area (Å²) in [5.74, 6) is -1.14. The first kappa shape index (κ1) is 17.8. The molecule has 2 atom stereocenters. The van der Waals surface area contributed by atoms with Crippen molar-refractivity contribution in [3.8, 4) is 0 Å². The van der Waals surface area contributed by atoms with Crippen molar-refractivity contribution in [2.24, 2.45) is 5.92 Å². The Hall–Kier alpha value is -1.30. The second-order valence-corrected chi connectivity index (χ2v) is 6.04. The van der Waals surface area contributed by atoms with Crippen LogP contribution in [-0.4, -0.2) is 54.2 Å². The predicted molar refractivity (Wildman–Crippen MR) is 82.3 cm³/mol. The summed E-state index contributed by atoms with van der Waals surface area (Å²) in [4.78, 5) is 24.8. The van der Waals surface area contributed by atoms with E-state index in [4.69, 9.17) is 5.11 Å². The number of rotatable bonds is 8. The van der Waals surface area contributed by atoms with E-state index in [0.717, 1.165) is 19.6 Å². The smallest absolute Gasteiger partial charge is 0.315 e. The Morgan fingerprint density at radius 3 is 2.48 bits per heavy atom. The molecular weight excluding hydrogens is 270 g/mol. The lowest BCUT2D eigenvalue weighted by atomic mass is 10.1. The Labute approximate surface area is 127 Å². The van der Waals surface area contributed by atoms with Crippen LogP contribution in [0.1, 0.15) is 46.0 Å². The number of nitrogens with zero attached hydrogens (tertiary/aromatic N) is 1. The summed E-state index contributed by atoms with van der Waals surface area (Å²) >= 11 is 0. The number of likely N-dealkylation sites (tertiary alicyclic amines) is 1. The van der Waals surface area contributed by atoms with E-state index in [1.807, 2.05) is 6.92 Å². The fourth-order valence-corrected chi connectivity index (χ4v) is 2.58. The molecule has 0 saturated carbocycles. The summed E-state index contributed by atoms with van der Waals surface area (Å²) < 4.78 is 0. The molecule has 122 valence electrons. The van der Waals surface area contributed by atoms with E-state index in [1.165, 1.54) is 19.3 Å². The third-order valence-electron chi connectivity index (χ3n) is 3.88. The van der Waals surface area contributed by atoms with Crippen LogP contribution in [0.3, 0.4) is 0 Å². The fourth-order valence-electron chi connectivity index (χ4n) is 2.58. The van der Waals surface area contributed by atoms with Crippen LogP contribution >= 0.6 is 0 Å². The van der Waals surface area contributed by atoms with Crippen molar-refractivity contribution in [1.82, 2.24) is 15.5 Å². The average molecular weight is 299 g/mol. The number of amides is 2. The lowest BCUT2D eigenvalue weighted by Gasteiger charge is -2.29. The molecule has 1 saturated heterocycles. The lowest BCUT2D eigenvalue weighted by molar-refractivity contribution is -0.141. The third kappa shape index (κ3) is 7.90. The number of nitrogens with one attached hydrogen (secondary N) is 2. The molecule has 6 nitrogen and oxygen atoms in total. The molecule has 0 aromatic rings. The first-order valence-electron chi connectivity index (χ1n) is 7.98. The molecule has 0 spiro atoms. The normalized spacial score (nSPS) is 18.8. The molecule has 0 aliphatic carbocycles. The number of carboxylic acid groups (broad SMARTS) is 1. The Balaban J connectivity index is 2.08. The number of aliphatic carboxylic acids is 1. The van der Waals surface area contributed by atoms with E-state index in [2.05, 4.69) is 15.5 Å². The van der Waals surface area contributed by atoms with Gasteiger partial charge < -0.3 is 20.6 Å². The molecule has 1 rings (SSSR count). The van der Waals surface area contributed by atoms with E-state index in [0.29, 0.717) is 19.4 Å². The van der Waals surface area contributed by atoms with Gasteiger partial charge in [0, 0.05) is 19.1 Å². The summed E-state index contributed by atoms with van der Waals surface area (Å²) in [6, 6.07) is -0.0384. The Kier molecular flexibility index (Phi) is 8.12. The quantitative estimate of drug-likeness (QED) is 0.595. The van der Waals surface area contributed by atoms with Gasteiger partial charge in [0.25, 0.3) is 0 Å². The van der Waals surface area contributed by atoms with Gasteiger partial charge in [-0.25, -0.2) is 4.79 Å². The van der Waals surface area contributed by atoms with E-state index in [-0.39, 0.29) is 18.0 Å². The van der Waals surface area contributed by atoms with Crippen molar-refractivity contribution in [2.45, 2.75) is 52.0 Å². The minimum Gasteiger partial charge on any atom is -0.481 e. The molecule has 0 aromatic carbocycles. The van der Waals surface area contributed by atoms with Crippen LogP contribution in [0.25, 0.3) is 0 Å². The van der Waals surface area contributed by atoms with Crippen molar-refractivity contribution in [2.75, 3.05) is 26.2 Å². The maximum atomic E-state index is 11.7. The molecule has 1 aliphatic rings. The number of carboxylic acids is 1. The molecule has 0 aromatic heterocycles. The van der Waals surface area contributed by atoms with Crippen LogP contribution in [0.5, 0.6) is 0 Å². The van der Waals surface area contributed by atoms with Gasteiger partial charge in [-0.3, -0.25) is 4.79 Å². The van der Waals surface area contributed by atoms with Crippen LogP contribution in [-0.2, 0) is 4.79 Å². The predicted octanol–water partition coefficient (Wildman–Crippen LogP) is 1.66. The molecule has 3 N–H and O–H groups in total. The SMILES string of the molecule is CC(CN1CCCCC1)NC(=O)NCCCC(C)C(=O)O. The maximum Gasteiger partial charge on any atom is 0.315 e. The van der Waals surface area contributed by atoms with Gasteiger partial charge in [0.05, 0.1) is 5.92 Å². The van der Waals surface area contributed by atoms with Gasteiger partial charge in [0.15, 0.2) is 0 Å². The standard InChI is InChI=1S/C15H29N3O3/c1-12(14(19)20)7-6-8-16-15(21)17-13(2)11-18-9-4-3-5-10-18/h12-13H,3-11H2,1-2H3,(H,19,20)(H2,16,17,21). The van der Waals surface area contributed by atoms with Crippen molar-refractivity contribution >= 4 is 12.0 Å². The summed E-state index contributed by atoms with van der Waals surface area (Å²) in [6.07, 6.45) is 5.08. The van der Waals surface area contributed by atoms with Gasteiger partial charge in [-0.15, -0.1) is 0 Å². The maximum absolute atomic E-state index is 11.7. The van der Waals surface area contributed by atoms with Gasteiger partial charge in [0.2, 0.25) is 0 Å². The Bertz CT molecular complexity index is 330. The minimum absolute atomic E-state index is 0.126. The molecule has 1 heterocycles. The monoisotopic (exact) mass is 299 g/mol. The summed E-state index contributed by atoms with van der Waals surface area (Å²) in [5, 5.41) is 14.5. The van der Waals surface area contributed by atoms with Gasteiger partial charge in [-0.1, -0.05) is 13.3 Å². The van der Waals surface area contributed by atoms with E-state index >= 15 is 0 Å². The minimum atomic E-state index is -0.783. The van der Waals surface area contributed by atoms with Gasteiger partial charge in [-0.2, -0.15) is 0 Å². The Morgan fingerprint density at radius 1 is 1.19 bits per heavy atom. The van der Waals surface area contributed by atoms with E-state index in [1.54, 1.807) is 6.92 Å². The lowest BCUT2D eigenvalue weighted by Crippen LogP contribution is -2.47. The zero-order chi connectivity index (χ0) is 15.7. The summed E-state index contributed by atoms with van der Waals surface area (Å²) in [6.45, 7) is 7.36. The molecule has 6 heteroatoms. The van der Waals surface area contributed by atoms with Crippen molar-refractivity contribution in [3.63, 3.8) is 0 Å². The second-order valence-electron chi connectivity index (χ2n) is 6.04. The number of carbonyl (C=O) groups is 2. The van der Waals surface area contributed by atoms with Crippen molar-refractivity contribution < 1.29 is 14.7 Å². The van der Waals surface area contributed by atoms with Crippen molar-refractivity contribution in [1.29, 1.82) is 0 Å². The van der Waals surface area contributed by atoms with Gasteiger partial charge >= 0.3 is 12.0 Å². The fraction of sp³-hybridized carbons (Fsp3) is 0.867. The molecule has 2 unspecified atom stereocenters. The zero-order valence-corrected chi connectivity index (χ0v) is 13.2. The third-order valence-corrected chi connectivity index (χ3v) is 3.88. The number of urea groups is 1. The highest BCUT2D eigenvalue weighted by Gasteiger charge is 2.15. The number of hydrogen-bond acceptors (Lipinski definition) is 3. The van der Waals surface area contributed by atoms with Crippen LogP contribution < -0.4 is 10.6 Å². The molecule has 2 amide bonds. The van der Waals surface area contributed by atoms with Gasteiger partial charge in [0.1, 0.15) is 0 Å². The molecule has 21 heavy (non-hydrogen) atoms. The molecule has 0 radical (unpaired) electrons. The molecular formula is C15H29N3O3. The van der Waals surface area contributed by atoms with E-state index in [9.17, 15) is 9.59 Å². The average Bonchev–Trinajstić information content (AvgIpc) is 2.44. The molecule has 0 bridgehead atoms. The molecule has 1 fully saturated rings.